The second-order valence-electron chi connectivity index (χ2n) is 5.67. The first kappa shape index (κ1) is 16.9. The Kier molecular flexibility index (Phi) is 9.79. The van der Waals surface area contributed by atoms with Crippen molar-refractivity contribution in [3.05, 3.63) is 12.7 Å². The fraction of sp³-hybridized carbons (Fsp3) is 0.857. The second kappa shape index (κ2) is 9.86. The number of hydrogen-bond donors (Lipinski definition) is 0. The molecular formula is C14H30O2Si. The van der Waals surface area contributed by atoms with E-state index in [-0.39, 0.29) is 0 Å². The molecule has 1 unspecified atom stereocenters. The van der Waals surface area contributed by atoms with Crippen LogP contribution in [0.15, 0.2) is 12.7 Å². The van der Waals surface area contributed by atoms with Gasteiger partial charge >= 0.3 is 9.28 Å². The van der Waals surface area contributed by atoms with Crippen LogP contribution in [0.5, 0.6) is 0 Å². The van der Waals surface area contributed by atoms with E-state index in [0.717, 1.165) is 26.1 Å². The standard InChI is InChI=1S/C14H30O2Si/c1-7-8-9-14(6)17(15-10-12(2)3)16-11-13(4)5/h7,12-14,17H,1,8-11H2,2-6H3. The minimum atomic E-state index is -1.52. The van der Waals surface area contributed by atoms with Crippen molar-refractivity contribution in [2.24, 2.45) is 11.8 Å². The molecule has 0 spiro atoms. The number of hydrogen-bond acceptors (Lipinski definition) is 2. The summed E-state index contributed by atoms with van der Waals surface area (Å²) < 4.78 is 12.0. The Bertz CT molecular complexity index is 181. The van der Waals surface area contributed by atoms with E-state index in [1.807, 2.05) is 6.08 Å². The molecule has 3 heteroatoms. The fourth-order valence-electron chi connectivity index (χ4n) is 1.47. The molecule has 0 radical (unpaired) electrons. The van der Waals surface area contributed by atoms with E-state index in [0.29, 0.717) is 17.4 Å². The van der Waals surface area contributed by atoms with E-state index in [2.05, 4.69) is 41.2 Å². The van der Waals surface area contributed by atoms with Crippen LogP contribution in [0.3, 0.4) is 0 Å². The molecule has 0 amide bonds. The second-order valence-corrected chi connectivity index (χ2v) is 8.21. The van der Waals surface area contributed by atoms with Crippen LogP contribution in [0.4, 0.5) is 0 Å². The summed E-state index contributed by atoms with van der Waals surface area (Å²) in [5.74, 6) is 1.17. The molecule has 102 valence electrons. The molecule has 1 atom stereocenters. The van der Waals surface area contributed by atoms with E-state index in [9.17, 15) is 0 Å². The van der Waals surface area contributed by atoms with Gasteiger partial charge in [0.25, 0.3) is 0 Å². The van der Waals surface area contributed by atoms with Crippen LogP contribution in [0.1, 0.15) is 47.5 Å². The van der Waals surface area contributed by atoms with Crippen molar-refractivity contribution in [1.29, 1.82) is 0 Å². The molecule has 0 aliphatic carbocycles. The first-order valence-electron chi connectivity index (χ1n) is 6.81. The average Bonchev–Trinajstić information content (AvgIpc) is 2.25. The zero-order valence-corrected chi connectivity index (χ0v) is 13.4. The highest BCUT2D eigenvalue weighted by Gasteiger charge is 2.22. The van der Waals surface area contributed by atoms with E-state index >= 15 is 0 Å². The topological polar surface area (TPSA) is 18.5 Å². The summed E-state index contributed by atoms with van der Waals surface area (Å²) in [6.07, 6.45) is 4.17. The van der Waals surface area contributed by atoms with Crippen molar-refractivity contribution >= 4 is 9.28 Å². The third kappa shape index (κ3) is 9.57. The van der Waals surface area contributed by atoms with Crippen LogP contribution in [-0.2, 0) is 8.85 Å². The van der Waals surface area contributed by atoms with Crippen LogP contribution in [-0.4, -0.2) is 22.5 Å². The van der Waals surface area contributed by atoms with Gasteiger partial charge in [-0.15, -0.1) is 6.58 Å². The molecule has 0 aromatic rings. The Labute approximate surface area is 109 Å². The van der Waals surface area contributed by atoms with Crippen molar-refractivity contribution in [1.82, 2.24) is 0 Å². The van der Waals surface area contributed by atoms with Crippen molar-refractivity contribution in [3.8, 4) is 0 Å². The van der Waals surface area contributed by atoms with Gasteiger partial charge in [0, 0.05) is 13.2 Å². The molecule has 0 saturated heterocycles. The predicted molar refractivity (Wildman–Crippen MR) is 77.6 cm³/mol. The average molecular weight is 258 g/mol. The Morgan fingerprint density at radius 2 is 1.47 bits per heavy atom. The Morgan fingerprint density at radius 3 is 1.82 bits per heavy atom. The lowest BCUT2D eigenvalue weighted by molar-refractivity contribution is 0.156. The van der Waals surface area contributed by atoms with Gasteiger partial charge in [0.05, 0.1) is 0 Å². The maximum absolute atomic E-state index is 6.00. The Morgan fingerprint density at radius 1 is 1.00 bits per heavy atom. The molecule has 0 saturated carbocycles. The lowest BCUT2D eigenvalue weighted by Crippen LogP contribution is -2.30. The normalized spacial score (nSPS) is 13.6. The van der Waals surface area contributed by atoms with Crippen LogP contribution in [0, 0.1) is 11.8 Å². The monoisotopic (exact) mass is 258 g/mol. The summed E-state index contributed by atoms with van der Waals surface area (Å²) in [4.78, 5) is 0. The van der Waals surface area contributed by atoms with Crippen LogP contribution in [0.2, 0.25) is 5.54 Å². The van der Waals surface area contributed by atoms with Gasteiger partial charge in [-0.05, 0) is 30.2 Å². The van der Waals surface area contributed by atoms with Crippen molar-refractivity contribution in [2.45, 2.75) is 53.0 Å². The van der Waals surface area contributed by atoms with Gasteiger partial charge in [-0.25, -0.2) is 0 Å². The molecule has 2 nitrogen and oxygen atoms in total. The smallest absolute Gasteiger partial charge is 0.324 e. The first-order valence-corrected chi connectivity index (χ1v) is 8.42. The molecule has 0 N–H and O–H groups in total. The summed E-state index contributed by atoms with van der Waals surface area (Å²) >= 11 is 0. The lowest BCUT2D eigenvalue weighted by Gasteiger charge is -2.24. The highest BCUT2D eigenvalue weighted by molar-refractivity contribution is 6.46. The number of allylic oxidation sites excluding steroid dienone is 1. The quantitative estimate of drug-likeness (QED) is 0.437. The predicted octanol–water partition coefficient (Wildman–Crippen LogP) is 3.91. The van der Waals surface area contributed by atoms with Crippen molar-refractivity contribution in [2.75, 3.05) is 13.2 Å². The molecule has 0 aromatic heterocycles. The molecule has 0 fully saturated rings. The van der Waals surface area contributed by atoms with Crippen LogP contribution >= 0.6 is 0 Å². The summed E-state index contributed by atoms with van der Waals surface area (Å²) in [5, 5.41) is 0. The van der Waals surface area contributed by atoms with E-state index in [1.54, 1.807) is 0 Å². The fourth-order valence-corrected chi connectivity index (χ4v) is 3.84. The summed E-state index contributed by atoms with van der Waals surface area (Å²) in [6.45, 7) is 16.4. The molecule has 0 aromatic carbocycles. The maximum atomic E-state index is 6.00. The summed E-state index contributed by atoms with van der Waals surface area (Å²) in [7, 11) is -1.52. The van der Waals surface area contributed by atoms with Crippen LogP contribution in [0.25, 0.3) is 0 Å². The molecule has 17 heavy (non-hydrogen) atoms. The van der Waals surface area contributed by atoms with Gasteiger partial charge in [0.15, 0.2) is 0 Å². The third-order valence-electron chi connectivity index (χ3n) is 2.48. The van der Waals surface area contributed by atoms with Gasteiger partial charge in [-0.2, -0.15) is 0 Å². The van der Waals surface area contributed by atoms with Gasteiger partial charge in [-0.1, -0.05) is 40.7 Å². The summed E-state index contributed by atoms with van der Waals surface area (Å²) in [5.41, 5.74) is 0.561. The number of rotatable bonds is 10. The van der Waals surface area contributed by atoms with Gasteiger partial charge < -0.3 is 8.85 Å². The highest BCUT2D eigenvalue weighted by atomic mass is 28.3. The lowest BCUT2D eigenvalue weighted by atomic mass is 10.2. The molecule has 0 rings (SSSR count). The highest BCUT2D eigenvalue weighted by Crippen LogP contribution is 2.20. The third-order valence-corrected chi connectivity index (χ3v) is 4.78. The Balaban J connectivity index is 4.11. The maximum Gasteiger partial charge on any atom is 0.324 e. The van der Waals surface area contributed by atoms with E-state index < -0.39 is 9.28 Å². The SMILES string of the molecule is C=CCCC(C)[SiH](OCC(C)C)OCC(C)C. The minimum Gasteiger partial charge on any atom is -0.396 e. The zero-order chi connectivity index (χ0) is 13.3. The van der Waals surface area contributed by atoms with E-state index in [4.69, 9.17) is 8.85 Å². The molecule has 0 bridgehead atoms. The van der Waals surface area contributed by atoms with Crippen molar-refractivity contribution in [3.63, 3.8) is 0 Å². The zero-order valence-electron chi connectivity index (χ0n) is 12.2. The first-order chi connectivity index (χ1) is 7.97. The Hall–Kier alpha value is -0.123. The van der Waals surface area contributed by atoms with Gasteiger partial charge in [0.1, 0.15) is 0 Å². The molecule has 0 heterocycles. The minimum absolute atomic E-state index is 0.561. The largest absolute Gasteiger partial charge is 0.396 e. The molecule has 0 aliphatic heterocycles. The molecule has 0 aliphatic rings. The van der Waals surface area contributed by atoms with Gasteiger partial charge in [0.2, 0.25) is 0 Å². The van der Waals surface area contributed by atoms with Crippen molar-refractivity contribution < 1.29 is 8.85 Å². The van der Waals surface area contributed by atoms with E-state index in [1.165, 1.54) is 0 Å². The van der Waals surface area contributed by atoms with Crippen LogP contribution < -0.4 is 0 Å². The van der Waals surface area contributed by atoms with Gasteiger partial charge in [-0.3, -0.25) is 0 Å². The molecular weight excluding hydrogens is 228 g/mol. The summed E-state index contributed by atoms with van der Waals surface area (Å²) in [6, 6.07) is 0.